The molecule has 1 fully saturated rings. The zero-order valence-corrected chi connectivity index (χ0v) is 19.7. The van der Waals surface area contributed by atoms with Crippen molar-refractivity contribution in [3.05, 3.63) is 94.6 Å². The monoisotopic (exact) mass is 485 g/mol. The molecule has 182 valence electrons. The number of fused-ring (bicyclic) bond motifs is 1. The standard InChI is InChI=1S/C28H23NO7/c1-16-4-3-5-18(12-16)25-24(26(31)19-8-11-21-22(14-19)36-15-35-21)27(32)28(33)29(25)20-9-6-17(7-10-20)13-23(30)34-2/h3-12,14,25,31H,13,15H2,1-2H3/b26-24-. The number of ketones is 1. The fraction of sp³-hybridized carbons (Fsp3) is 0.179. The van der Waals surface area contributed by atoms with Crippen LogP contribution >= 0.6 is 0 Å². The number of amides is 1. The molecular weight excluding hydrogens is 462 g/mol. The number of carbonyl (C=O) groups is 3. The molecule has 0 aromatic heterocycles. The number of hydrogen-bond donors (Lipinski definition) is 1. The molecule has 5 rings (SSSR count). The van der Waals surface area contributed by atoms with E-state index in [-0.39, 0.29) is 30.5 Å². The lowest BCUT2D eigenvalue weighted by molar-refractivity contribution is -0.139. The molecule has 2 aliphatic heterocycles. The number of benzene rings is 3. The number of anilines is 1. The van der Waals surface area contributed by atoms with Crippen LogP contribution in [0.15, 0.2) is 72.3 Å². The van der Waals surface area contributed by atoms with Crippen molar-refractivity contribution in [1.29, 1.82) is 0 Å². The Morgan fingerprint density at radius 1 is 1.03 bits per heavy atom. The zero-order chi connectivity index (χ0) is 25.4. The van der Waals surface area contributed by atoms with Gasteiger partial charge in [-0.15, -0.1) is 0 Å². The van der Waals surface area contributed by atoms with Crippen LogP contribution < -0.4 is 14.4 Å². The van der Waals surface area contributed by atoms with Crippen molar-refractivity contribution < 1.29 is 33.7 Å². The molecule has 8 heteroatoms. The second kappa shape index (κ2) is 9.22. The van der Waals surface area contributed by atoms with Gasteiger partial charge in [0.05, 0.1) is 25.1 Å². The SMILES string of the molecule is COC(=O)Cc1ccc(N2C(=O)C(=O)/C(=C(\O)c3ccc4c(c3)OCO4)C2c2cccc(C)c2)cc1. The predicted molar refractivity (Wildman–Crippen MR) is 131 cm³/mol. The molecule has 0 radical (unpaired) electrons. The van der Waals surface area contributed by atoms with Crippen molar-refractivity contribution in [1.82, 2.24) is 0 Å². The fourth-order valence-electron chi connectivity index (χ4n) is 4.47. The third-order valence-corrected chi connectivity index (χ3v) is 6.24. The molecule has 3 aromatic carbocycles. The van der Waals surface area contributed by atoms with Crippen LogP contribution in [0.25, 0.3) is 5.76 Å². The van der Waals surface area contributed by atoms with Crippen molar-refractivity contribution in [2.24, 2.45) is 0 Å². The first-order valence-electron chi connectivity index (χ1n) is 11.3. The van der Waals surface area contributed by atoms with Crippen LogP contribution in [-0.2, 0) is 25.5 Å². The van der Waals surface area contributed by atoms with E-state index in [1.807, 2.05) is 31.2 Å². The van der Waals surface area contributed by atoms with E-state index >= 15 is 0 Å². The second-order valence-corrected chi connectivity index (χ2v) is 8.57. The van der Waals surface area contributed by atoms with E-state index in [1.165, 1.54) is 12.0 Å². The average molecular weight is 485 g/mol. The molecule has 36 heavy (non-hydrogen) atoms. The van der Waals surface area contributed by atoms with E-state index in [0.29, 0.717) is 33.9 Å². The van der Waals surface area contributed by atoms with Crippen LogP contribution in [0.4, 0.5) is 5.69 Å². The quantitative estimate of drug-likeness (QED) is 0.252. The highest BCUT2D eigenvalue weighted by atomic mass is 16.7. The molecule has 1 atom stereocenters. The highest BCUT2D eigenvalue weighted by Gasteiger charge is 2.47. The summed E-state index contributed by atoms with van der Waals surface area (Å²) in [4.78, 5) is 39.7. The van der Waals surface area contributed by atoms with Crippen LogP contribution in [0.3, 0.4) is 0 Å². The molecule has 0 spiro atoms. The number of methoxy groups -OCH3 is 1. The minimum atomic E-state index is -0.859. The molecule has 1 unspecified atom stereocenters. The molecule has 8 nitrogen and oxygen atoms in total. The largest absolute Gasteiger partial charge is 0.507 e. The molecule has 0 bridgehead atoms. The Kier molecular flexibility index (Phi) is 5.93. The smallest absolute Gasteiger partial charge is 0.309 e. The van der Waals surface area contributed by atoms with Gasteiger partial charge in [0.15, 0.2) is 11.5 Å². The van der Waals surface area contributed by atoms with Gasteiger partial charge in [0.2, 0.25) is 6.79 Å². The highest BCUT2D eigenvalue weighted by Crippen LogP contribution is 2.43. The molecule has 1 N–H and O–H groups in total. The number of rotatable bonds is 5. The average Bonchev–Trinajstić information content (AvgIpc) is 3.46. The summed E-state index contributed by atoms with van der Waals surface area (Å²) in [6.45, 7) is 1.98. The fourth-order valence-corrected chi connectivity index (χ4v) is 4.47. The number of aryl methyl sites for hydroxylation is 1. The number of carbonyl (C=O) groups excluding carboxylic acids is 3. The molecule has 0 aliphatic carbocycles. The Morgan fingerprint density at radius 2 is 1.78 bits per heavy atom. The Bertz CT molecular complexity index is 1410. The van der Waals surface area contributed by atoms with Crippen molar-refractivity contribution >= 4 is 29.1 Å². The molecule has 3 aromatic rings. The molecule has 0 saturated carbocycles. The molecule has 2 heterocycles. The van der Waals surface area contributed by atoms with E-state index in [4.69, 9.17) is 14.2 Å². The third kappa shape index (κ3) is 4.07. The van der Waals surface area contributed by atoms with Crippen molar-refractivity contribution in [3.63, 3.8) is 0 Å². The molecule has 1 saturated heterocycles. The van der Waals surface area contributed by atoms with Crippen LogP contribution in [0.1, 0.15) is 28.3 Å². The Morgan fingerprint density at radius 3 is 2.50 bits per heavy atom. The van der Waals surface area contributed by atoms with Gasteiger partial charge in [0.1, 0.15) is 5.76 Å². The van der Waals surface area contributed by atoms with Gasteiger partial charge in [-0.3, -0.25) is 19.3 Å². The normalized spacial score (nSPS) is 17.9. The van der Waals surface area contributed by atoms with Gasteiger partial charge >= 0.3 is 5.97 Å². The van der Waals surface area contributed by atoms with Gasteiger partial charge in [-0.1, -0.05) is 42.0 Å². The molecule has 1 amide bonds. The van der Waals surface area contributed by atoms with E-state index in [2.05, 4.69) is 0 Å². The lowest BCUT2D eigenvalue weighted by Crippen LogP contribution is -2.29. The van der Waals surface area contributed by atoms with Crippen molar-refractivity contribution in [3.8, 4) is 11.5 Å². The van der Waals surface area contributed by atoms with E-state index in [0.717, 1.165) is 5.56 Å². The Hall–Kier alpha value is -4.59. The van der Waals surface area contributed by atoms with Crippen LogP contribution in [-0.4, -0.2) is 36.7 Å². The van der Waals surface area contributed by atoms with Gasteiger partial charge in [0.25, 0.3) is 11.7 Å². The summed E-state index contributed by atoms with van der Waals surface area (Å²) in [6.07, 6.45) is 0.0843. The number of aliphatic hydroxyl groups excluding tert-OH is 1. The van der Waals surface area contributed by atoms with Crippen molar-refractivity contribution in [2.45, 2.75) is 19.4 Å². The minimum absolute atomic E-state index is 0.0249. The van der Waals surface area contributed by atoms with Gasteiger partial charge in [-0.25, -0.2) is 0 Å². The van der Waals surface area contributed by atoms with E-state index in [9.17, 15) is 19.5 Å². The van der Waals surface area contributed by atoms with E-state index in [1.54, 1.807) is 42.5 Å². The zero-order valence-electron chi connectivity index (χ0n) is 19.7. The maximum Gasteiger partial charge on any atom is 0.309 e. The third-order valence-electron chi connectivity index (χ3n) is 6.24. The van der Waals surface area contributed by atoms with Gasteiger partial charge in [0, 0.05) is 11.3 Å². The summed E-state index contributed by atoms with van der Waals surface area (Å²) >= 11 is 0. The summed E-state index contributed by atoms with van der Waals surface area (Å²) in [7, 11) is 1.32. The summed E-state index contributed by atoms with van der Waals surface area (Å²) < 4.78 is 15.5. The molecular formula is C28H23NO7. The predicted octanol–water partition coefficient (Wildman–Crippen LogP) is 4.07. The number of ether oxygens (including phenoxy) is 3. The second-order valence-electron chi connectivity index (χ2n) is 8.57. The summed E-state index contributed by atoms with van der Waals surface area (Å²) in [6, 6.07) is 18.2. The first-order chi connectivity index (χ1) is 17.4. The first-order valence-corrected chi connectivity index (χ1v) is 11.3. The van der Waals surface area contributed by atoms with Crippen molar-refractivity contribution in [2.75, 3.05) is 18.8 Å². The first kappa shape index (κ1) is 23.2. The number of nitrogens with zero attached hydrogens (tertiary/aromatic N) is 1. The van der Waals surface area contributed by atoms with Crippen LogP contribution in [0.5, 0.6) is 11.5 Å². The lowest BCUT2D eigenvalue weighted by atomic mass is 9.94. The maximum atomic E-state index is 13.3. The summed E-state index contributed by atoms with van der Waals surface area (Å²) in [5, 5.41) is 11.3. The van der Waals surface area contributed by atoms with Gasteiger partial charge in [-0.2, -0.15) is 0 Å². The number of esters is 1. The number of hydrogen-bond acceptors (Lipinski definition) is 7. The van der Waals surface area contributed by atoms with Crippen LogP contribution in [0, 0.1) is 6.92 Å². The highest BCUT2D eigenvalue weighted by molar-refractivity contribution is 6.51. The minimum Gasteiger partial charge on any atom is -0.507 e. The topological polar surface area (TPSA) is 102 Å². The lowest BCUT2D eigenvalue weighted by Gasteiger charge is -2.26. The number of aliphatic hydroxyl groups is 1. The number of Topliss-reactive ketones (excluding diaryl/α,β-unsaturated/α-hetero) is 1. The molecule has 2 aliphatic rings. The maximum absolute atomic E-state index is 13.3. The van der Waals surface area contributed by atoms with Crippen LogP contribution in [0.2, 0.25) is 0 Å². The van der Waals surface area contributed by atoms with Gasteiger partial charge in [-0.05, 0) is 48.4 Å². The Labute approximate surface area is 207 Å². The summed E-state index contributed by atoms with van der Waals surface area (Å²) in [5.41, 5.74) is 3.09. The van der Waals surface area contributed by atoms with Gasteiger partial charge < -0.3 is 19.3 Å². The summed E-state index contributed by atoms with van der Waals surface area (Å²) in [5.74, 6) is -1.26. The Balaban J connectivity index is 1.62. The van der Waals surface area contributed by atoms with E-state index < -0.39 is 17.7 Å².